The fourth-order valence-electron chi connectivity index (χ4n) is 3.04. The topological polar surface area (TPSA) is 93.1 Å². The molecule has 2 amide bonds. The van der Waals surface area contributed by atoms with Gasteiger partial charge in [-0.1, -0.05) is 51.1 Å². The minimum absolute atomic E-state index is 0.130. The Balaban J connectivity index is 2.13. The zero-order chi connectivity index (χ0) is 21.8. The van der Waals surface area contributed by atoms with Gasteiger partial charge >= 0.3 is 12.1 Å². The van der Waals surface area contributed by atoms with E-state index in [1.54, 1.807) is 0 Å². The van der Waals surface area contributed by atoms with Crippen LogP contribution in [0.5, 0.6) is 0 Å². The average molecular weight is 422 g/mol. The van der Waals surface area contributed by atoms with E-state index in [0.29, 0.717) is 6.42 Å². The van der Waals surface area contributed by atoms with Crippen LogP contribution in [0.4, 0.5) is 4.79 Å². The fraction of sp³-hybridized carbons (Fsp3) is 0.571. The molecular formula is C21H31NO6Si. The second kappa shape index (κ2) is 9.09. The summed E-state index contributed by atoms with van der Waals surface area (Å²) in [4.78, 5) is 37.6. The van der Waals surface area contributed by atoms with Gasteiger partial charge in [0.1, 0.15) is 6.61 Å². The lowest BCUT2D eigenvalue weighted by Gasteiger charge is -2.39. The number of carbonyl (C=O) groups excluding carboxylic acids is 2. The van der Waals surface area contributed by atoms with Crippen molar-refractivity contribution < 1.29 is 28.7 Å². The van der Waals surface area contributed by atoms with Crippen LogP contribution in [0.15, 0.2) is 30.3 Å². The number of imide groups is 1. The molecule has 1 fully saturated rings. The Kier molecular flexibility index (Phi) is 7.23. The predicted molar refractivity (Wildman–Crippen MR) is 111 cm³/mol. The molecule has 0 unspecified atom stereocenters. The van der Waals surface area contributed by atoms with Gasteiger partial charge in [0.15, 0.2) is 8.32 Å². The molecule has 1 aliphatic rings. The molecule has 1 aromatic carbocycles. The number of benzene rings is 1. The summed E-state index contributed by atoms with van der Waals surface area (Å²) >= 11 is 0. The standard InChI is InChI=1S/C21H31NO6Si/c1-21(2,3)29(4,5)28-17(13-19(24)25)12-18(23)22-16(14-27-20(22)26)11-15-9-7-6-8-10-15/h6-10,16-17H,11-14H2,1-5H3,(H,24,25)/t16-,17+/m0/s1. The Bertz CT molecular complexity index is 743. The van der Waals surface area contributed by atoms with E-state index in [1.807, 2.05) is 64.2 Å². The lowest BCUT2D eigenvalue weighted by atomic mass is 10.1. The summed E-state index contributed by atoms with van der Waals surface area (Å²) in [6.45, 7) is 10.3. The number of nitrogens with zero attached hydrogens (tertiary/aromatic N) is 1. The molecule has 0 aromatic heterocycles. The van der Waals surface area contributed by atoms with E-state index in [2.05, 4.69) is 0 Å². The van der Waals surface area contributed by atoms with Crippen molar-refractivity contribution in [1.82, 2.24) is 4.90 Å². The van der Waals surface area contributed by atoms with E-state index in [9.17, 15) is 19.5 Å². The average Bonchev–Trinajstić information content (AvgIpc) is 2.94. The van der Waals surface area contributed by atoms with Gasteiger partial charge in [-0.3, -0.25) is 9.59 Å². The molecule has 160 valence electrons. The van der Waals surface area contributed by atoms with Gasteiger partial charge in [0.05, 0.1) is 25.0 Å². The molecule has 0 spiro atoms. The monoisotopic (exact) mass is 421 g/mol. The number of aliphatic carboxylic acids is 1. The Morgan fingerprint density at radius 3 is 2.41 bits per heavy atom. The summed E-state index contributed by atoms with van der Waals surface area (Å²) in [5, 5.41) is 9.15. The number of carbonyl (C=O) groups is 3. The number of amides is 2. The van der Waals surface area contributed by atoms with E-state index >= 15 is 0 Å². The molecule has 1 saturated heterocycles. The van der Waals surface area contributed by atoms with Crippen molar-refractivity contribution in [2.45, 2.75) is 70.3 Å². The Hall–Kier alpha value is -2.19. The van der Waals surface area contributed by atoms with Crippen LogP contribution in [-0.4, -0.2) is 55.0 Å². The minimum atomic E-state index is -2.29. The summed E-state index contributed by atoms with van der Waals surface area (Å²) in [6.07, 6.45) is -1.43. The molecule has 2 atom stereocenters. The summed E-state index contributed by atoms with van der Waals surface area (Å²) in [7, 11) is -2.29. The molecular weight excluding hydrogens is 390 g/mol. The largest absolute Gasteiger partial charge is 0.481 e. The van der Waals surface area contributed by atoms with Crippen LogP contribution >= 0.6 is 0 Å². The van der Waals surface area contributed by atoms with Gasteiger partial charge in [-0.15, -0.1) is 0 Å². The van der Waals surface area contributed by atoms with Crippen molar-refractivity contribution in [2.24, 2.45) is 0 Å². The normalized spacial score (nSPS) is 18.4. The third kappa shape index (κ3) is 6.14. The lowest BCUT2D eigenvalue weighted by Crippen LogP contribution is -2.47. The highest BCUT2D eigenvalue weighted by Crippen LogP contribution is 2.38. The lowest BCUT2D eigenvalue weighted by molar-refractivity contribution is -0.139. The van der Waals surface area contributed by atoms with Gasteiger partial charge in [-0.05, 0) is 30.1 Å². The second-order valence-corrected chi connectivity index (χ2v) is 13.7. The fourth-order valence-corrected chi connectivity index (χ4v) is 4.39. The summed E-state index contributed by atoms with van der Waals surface area (Å²) in [5.41, 5.74) is 0.994. The summed E-state index contributed by atoms with van der Waals surface area (Å²) in [5.74, 6) is -1.50. The molecule has 2 rings (SSSR count). The molecule has 0 bridgehead atoms. The van der Waals surface area contributed by atoms with Crippen molar-refractivity contribution in [2.75, 3.05) is 6.61 Å². The van der Waals surface area contributed by atoms with Gasteiger partial charge in [0.25, 0.3) is 0 Å². The van der Waals surface area contributed by atoms with Gasteiger partial charge in [0.2, 0.25) is 5.91 Å². The van der Waals surface area contributed by atoms with E-state index in [1.165, 1.54) is 0 Å². The molecule has 0 aliphatic carbocycles. The minimum Gasteiger partial charge on any atom is -0.481 e. The van der Waals surface area contributed by atoms with Crippen LogP contribution in [0.3, 0.4) is 0 Å². The maximum Gasteiger partial charge on any atom is 0.416 e. The maximum atomic E-state index is 13.0. The van der Waals surface area contributed by atoms with E-state index in [-0.39, 0.29) is 24.5 Å². The van der Waals surface area contributed by atoms with Crippen LogP contribution in [0.2, 0.25) is 18.1 Å². The van der Waals surface area contributed by atoms with Crippen molar-refractivity contribution in [3.63, 3.8) is 0 Å². The first kappa shape index (κ1) is 23.1. The molecule has 1 N–H and O–H groups in total. The Morgan fingerprint density at radius 2 is 1.86 bits per heavy atom. The molecule has 7 nitrogen and oxygen atoms in total. The van der Waals surface area contributed by atoms with Crippen LogP contribution < -0.4 is 0 Å². The summed E-state index contributed by atoms with van der Waals surface area (Å²) < 4.78 is 11.3. The van der Waals surface area contributed by atoms with Crippen LogP contribution in [0.25, 0.3) is 0 Å². The van der Waals surface area contributed by atoms with E-state index in [0.717, 1.165) is 10.5 Å². The Morgan fingerprint density at radius 1 is 1.24 bits per heavy atom. The van der Waals surface area contributed by atoms with Gasteiger partial charge in [-0.25, -0.2) is 9.69 Å². The smallest absolute Gasteiger partial charge is 0.416 e. The molecule has 1 aliphatic heterocycles. The molecule has 8 heteroatoms. The number of carboxylic acid groups (broad SMARTS) is 1. The second-order valence-electron chi connectivity index (χ2n) is 8.99. The highest BCUT2D eigenvalue weighted by Gasteiger charge is 2.42. The summed E-state index contributed by atoms with van der Waals surface area (Å²) in [6, 6.07) is 9.15. The molecule has 0 radical (unpaired) electrons. The Labute approximate surface area is 173 Å². The first-order valence-electron chi connectivity index (χ1n) is 9.83. The molecule has 29 heavy (non-hydrogen) atoms. The third-order valence-corrected chi connectivity index (χ3v) is 10.2. The number of ether oxygens (including phenoxy) is 1. The van der Waals surface area contributed by atoms with E-state index in [4.69, 9.17) is 9.16 Å². The van der Waals surface area contributed by atoms with Crippen molar-refractivity contribution in [3.8, 4) is 0 Å². The quantitative estimate of drug-likeness (QED) is 0.641. The van der Waals surface area contributed by atoms with Gasteiger partial charge < -0.3 is 14.3 Å². The SMILES string of the molecule is CC(C)(C)[Si](C)(C)O[C@@H](CC(=O)O)CC(=O)N1C(=O)OC[C@@H]1Cc1ccccc1. The number of hydrogen-bond acceptors (Lipinski definition) is 5. The number of hydrogen-bond donors (Lipinski definition) is 1. The van der Waals surface area contributed by atoms with Crippen molar-refractivity contribution in [1.29, 1.82) is 0 Å². The van der Waals surface area contributed by atoms with Crippen LogP contribution in [-0.2, 0) is 25.2 Å². The zero-order valence-electron chi connectivity index (χ0n) is 17.8. The predicted octanol–water partition coefficient (Wildman–Crippen LogP) is 3.83. The number of rotatable bonds is 8. The number of cyclic esters (lactones) is 1. The van der Waals surface area contributed by atoms with Gasteiger partial charge in [0, 0.05) is 0 Å². The van der Waals surface area contributed by atoms with Gasteiger partial charge in [-0.2, -0.15) is 0 Å². The zero-order valence-corrected chi connectivity index (χ0v) is 18.8. The highest BCUT2D eigenvalue weighted by molar-refractivity contribution is 6.74. The van der Waals surface area contributed by atoms with E-state index < -0.39 is 38.4 Å². The maximum absolute atomic E-state index is 13.0. The molecule has 1 aromatic rings. The van der Waals surface area contributed by atoms with Crippen molar-refractivity contribution >= 4 is 26.3 Å². The van der Waals surface area contributed by atoms with Crippen LogP contribution in [0, 0.1) is 0 Å². The van der Waals surface area contributed by atoms with Crippen LogP contribution in [0.1, 0.15) is 39.2 Å². The molecule has 1 heterocycles. The highest BCUT2D eigenvalue weighted by atomic mass is 28.4. The van der Waals surface area contributed by atoms with Crippen molar-refractivity contribution in [3.05, 3.63) is 35.9 Å². The first-order valence-corrected chi connectivity index (χ1v) is 12.7. The third-order valence-electron chi connectivity index (χ3n) is 5.62. The number of carboxylic acids is 1. The first-order chi connectivity index (χ1) is 13.4. The molecule has 0 saturated carbocycles.